The zero-order valence-electron chi connectivity index (χ0n) is 6.46. The number of hydrogen-bond acceptors (Lipinski definition) is 9. The van der Waals surface area contributed by atoms with Crippen LogP contribution < -0.4 is 6.15 Å². The van der Waals surface area contributed by atoms with Crippen LogP contribution in [0.1, 0.15) is 0 Å². The molecule has 81 valence electrons. The number of rotatable bonds is 0. The molecule has 0 spiro atoms. The van der Waals surface area contributed by atoms with Gasteiger partial charge in [0.2, 0.25) is 0 Å². The summed E-state index contributed by atoms with van der Waals surface area (Å²) in [6.07, 6.45) is 0. The quantitative estimate of drug-likeness (QED) is 0.493. The summed E-state index contributed by atoms with van der Waals surface area (Å²) < 4.78 is 0. The van der Waals surface area contributed by atoms with Crippen molar-refractivity contribution >= 4 is 50.5 Å². The molecule has 3 N–H and O–H groups in total. The van der Waals surface area contributed by atoms with Crippen LogP contribution in [0.4, 0.5) is 0 Å². The maximum atomic E-state index is 7.13. The topological polar surface area (TPSA) is 130 Å². The molecule has 14 heavy (non-hydrogen) atoms. The second kappa shape index (κ2) is 144. The van der Waals surface area contributed by atoms with E-state index in [1.54, 1.807) is 0 Å². The average molecular weight is 308 g/mol. The van der Waals surface area contributed by atoms with E-state index in [4.69, 9.17) is 21.0 Å². The van der Waals surface area contributed by atoms with E-state index >= 15 is 0 Å². The number of nitriles is 4. The van der Waals surface area contributed by atoms with Gasteiger partial charge in [0.05, 0.1) is 0 Å². The first-order chi connectivity index (χ1) is 5.66. The molecule has 0 rings (SSSR count). The third-order valence-corrected chi connectivity index (χ3v) is 0. The van der Waals surface area contributed by atoms with Crippen molar-refractivity contribution < 1.29 is 16.8 Å². The third kappa shape index (κ3) is 2500. The molecule has 0 aliphatic rings. The van der Waals surface area contributed by atoms with Crippen molar-refractivity contribution in [3.8, 4) is 21.6 Å². The van der Waals surface area contributed by atoms with E-state index in [0.29, 0.717) is 0 Å². The van der Waals surface area contributed by atoms with Crippen LogP contribution in [-0.4, -0.2) is 0 Å². The molecule has 0 saturated heterocycles. The minimum Gasteiger partial charge on any atom is -0.696 e. The van der Waals surface area contributed by atoms with Crippen LogP contribution in [-0.2, 0) is 67.3 Å². The first kappa shape index (κ1) is 37.7. The molecule has 0 aliphatic carbocycles. The van der Waals surface area contributed by atoms with E-state index in [1.165, 1.54) is 21.6 Å². The van der Waals surface area contributed by atoms with Crippen molar-refractivity contribution in [2.24, 2.45) is 0 Å². The summed E-state index contributed by atoms with van der Waals surface area (Å²) in [6.45, 7) is 0. The molecular weight excluding hydrogens is 305 g/mol. The SMILES string of the molecule is N.N#C[S-].N#C[S-].N#C[S-].N#C[S-].[Co]. The van der Waals surface area contributed by atoms with Crippen molar-refractivity contribution in [2.75, 3.05) is 0 Å². The van der Waals surface area contributed by atoms with Gasteiger partial charge in [0.15, 0.2) is 0 Å². The fourth-order valence-corrected chi connectivity index (χ4v) is 0. The van der Waals surface area contributed by atoms with Gasteiger partial charge < -0.3 is 56.7 Å². The van der Waals surface area contributed by atoms with E-state index in [0.717, 1.165) is 0 Å². The van der Waals surface area contributed by atoms with E-state index in [1.807, 2.05) is 0 Å². The zero-order chi connectivity index (χ0) is 10.8. The molecular formula is C4H3CoN5S4-4. The normalized spacial score (nSPS) is 2.00. The van der Waals surface area contributed by atoms with Gasteiger partial charge in [-0.15, -0.1) is 0 Å². The van der Waals surface area contributed by atoms with Crippen LogP contribution in [0, 0.1) is 42.7 Å². The van der Waals surface area contributed by atoms with Crippen molar-refractivity contribution in [1.29, 1.82) is 21.0 Å². The minimum absolute atomic E-state index is 0. The summed E-state index contributed by atoms with van der Waals surface area (Å²) in [5.74, 6) is 0. The van der Waals surface area contributed by atoms with Gasteiger partial charge in [-0.05, 0) is 0 Å². The Labute approximate surface area is 115 Å². The summed E-state index contributed by atoms with van der Waals surface area (Å²) in [5, 5.41) is 33.9. The Morgan fingerprint density at radius 2 is 0.571 bits per heavy atom. The molecule has 0 atom stereocenters. The van der Waals surface area contributed by atoms with E-state index in [-0.39, 0.29) is 22.9 Å². The van der Waals surface area contributed by atoms with E-state index in [9.17, 15) is 0 Å². The van der Waals surface area contributed by atoms with Gasteiger partial charge >= 0.3 is 0 Å². The molecule has 1 radical (unpaired) electrons. The Kier molecular flexibility index (Phi) is 388. The molecule has 0 aliphatic heterocycles. The summed E-state index contributed by atoms with van der Waals surface area (Å²) in [4.78, 5) is 0. The zero-order valence-corrected chi connectivity index (χ0v) is 10.8. The van der Waals surface area contributed by atoms with E-state index in [2.05, 4.69) is 50.5 Å². The van der Waals surface area contributed by atoms with Crippen LogP contribution in [0.25, 0.3) is 0 Å². The van der Waals surface area contributed by atoms with Gasteiger partial charge in [-0.25, -0.2) is 21.0 Å². The van der Waals surface area contributed by atoms with Crippen LogP contribution in [0.3, 0.4) is 0 Å². The minimum atomic E-state index is 0. The van der Waals surface area contributed by atoms with Gasteiger partial charge in [0.25, 0.3) is 0 Å². The molecule has 0 amide bonds. The fraction of sp³-hybridized carbons (Fsp3) is 0. The predicted molar refractivity (Wildman–Crippen MR) is 56.9 cm³/mol. The Morgan fingerprint density at radius 3 is 0.571 bits per heavy atom. The third-order valence-electron chi connectivity index (χ3n) is 0. The number of nitrogens with zero attached hydrogens (tertiary/aromatic N) is 4. The van der Waals surface area contributed by atoms with Crippen molar-refractivity contribution in [3.05, 3.63) is 0 Å². The molecule has 0 aromatic carbocycles. The predicted octanol–water partition coefficient (Wildman–Crippen LogP) is 0.217. The Morgan fingerprint density at radius 1 is 0.571 bits per heavy atom. The molecule has 0 aromatic heterocycles. The van der Waals surface area contributed by atoms with Crippen LogP contribution in [0.15, 0.2) is 0 Å². The van der Waals surface area contributed by atoms with E-state index < -0.39 is 0 Å². The molecule has 0 heterocycles. The molecule has 0 saturated carbocycles. The van der Waals surface area contributed by atoms with Crippen LogP contribution >= 0.6 is 0 Å². The van der Waals surface area contributed by atoms with Gasteiger partial charge in [-0.3, -0.25) is 0 Å². The summed E-state index contributed by atoms with van der Waals surface area (Å²) in [7, 11) is 0. The molecule has 10 heteroatoms. The monoisotopic (exact) mass is 308 g/mol. The fourth-order valence-electron chi connectivity index (χ4n) is 0. The van der Waals surface area contributed by atoms with Gasteiger partial charge in [-0.2, -0.15) is 0 Å². The maximum Gasteiger partial charge on any atom is 0 e. The molecule has 0 aromatic rings. The van der Waals surface area contributed by atoms with Crippen molar-refractivity contribution in [2.45, 2.75) is 0 Å². The van der Waals surface area contributed by atoms with Gasteiger partial charge in [0, 0.05) is 16.8 Å². The number of hydrogen-bond donors (Lipinski definition) is 1. The summed E-state index contributed by atoms with van der Waals surface area (Å²) in [5.41, 5.74) is 0. The summed E-state index contributed by atoms with van der Waals surface area (Å²) in [6, 6.07) is 0. The Balaban J connectivity index is -0.0000000145. The Hall–Kier alpha value is -0.694. The molecule has 0 unspecified atom stereocenters. The maximum absolute atomic E-state index is 7.13. The van der Waals surface area contributed by atoms with Crippen LogP contribution in [0.2, 0.25) is 0 Å². The average Bonchev–Trinajstić information content (AvgIpc) is 1.92. The second-order valence-electron chi connectivity index (χ2n) is 0.365. The van der Waals surface area contributed by atoms with Crippen molar-refractivity contribution in [1.82, 2.24) is 6.15 Å². The first-order valence-electron chi connectivity index (χ1n) is 1.71. The molecule has 0 fully saturated rings. The standard InChI is InChI=1S/4CHNS.Co.H3N/c4*2-1-3;;/h4*3H;;1H3/p-4. The van der Waals surface area contributed by atoms with Crippen molar-refractivity contribution in [3.63, 3.8) is 0 Å². The van der Waals surface area contributed by atoms with Gasteiger partial charge in [0.1, 0.15) is 0 Å². The number of thiocyanates is 4. The molecule has 0 bridgehead atoms. The van der Waals surface area contributed by atoms with Gasteiger partial charge in [-0.1, -0.05) is 21.6 Å². The second-order valence-corrected chi connectivity index (χ2v) is 1.10. The summed E-state index contributed by atoms with van der Waals surface area (Å²) >= 11 is 14.8. The smallest absolute Gasteiger partial charge is 0 e. The first-order valence-corrected chi connectivity index (χ1v) is 3.34. The largest absolute Gasteiger partial charge is 0.696 e. The van der Waals surface area contributed by atoms with Crippen LogP contribution in [0.5, 0.6) is 0 Å². The Bertz CT molecular complexity index is 160. The molecule has 5 nitrogen and oxygen atoms in total.